The number of thiazole rings is 1. The molecule has 0 saturated heterocycles. The molecule has 104 valence electrons. The van der Waals surface area contributed by atoms with Crippen LogP contribution in [0.2, 0.25) is 0 Å². The minimum atomic E-state index is -1.33. The fourth-order valence-electron chi connectivity index (χ4n) is 1.71. The van der Waals surface area contributed by atoms with E-state index in [9.17, 15) is 14.9 Å². The third-order valence-corrected chi connectivity index (χ3v) is 3.46. The Balaban J connectivity index is 2.29. The molecule has 2 N–H and O–H groups in total. The SMILES string of the molecule is Cc1cnc(CNc2cccc(C(=O)O)c2[N+](=O)[O-])s1. The first-order chi connectivity index (χ1) is 9.49. The molecule has 1 heterocycles. The van der Waals surface area contributed by atoms with Crippen LogP contribution in [-0.4, -0.2) is 21.0 Å². The van der Waals surface area contributed by atoms with Crippen LogP contribution in [0, 0.1) is 17.0 Å². The third-order valence-electron chi connectivity index (χ3n) is 2.55. The maximum absolute atomic E-state index is 11.1. The number of benzene rings is 1. The molecule has 0 unspecified atom stereocenters. The number of carbonyl (C=O) groups is 1. The Bertz CT molecular complexity index is 668. The van der Waals surface area contributed by atoms with Crippen molar-refractivity contribution in [3.63, 3.8) is 0 Å². The van der Waals surface area contributed by atoms with Crippen molar-refractivity contribution in [1.82, 2.24) is 4.98 Å². The van der Waals surface area contributed by atoms with Crippen LogP contribution in [-0.2, 0) is 6.54 Å². The summed E-state index contributed by atoms with van der Waals surface area (Å²) in [6, 6.07) is 4.15. The lowest BCUT2D eigenvalue weighted by Crippen LogP contribution is -2.07. The predicted molar refractivity (Wildman–Crippen MR) is 74.2 cm³/mol. The first kappa shape index (κ1) is 13.9. The Morgan fingerprint density at radius 3 is 2.85 bits per heavy atom. The van der Waals surface area contributed by atoms with Gasteiger partial charge in [0.1, 0.15) is 16.3 Å². The summed E-state index contributed by atoms with van der Waals surface area (Å²) in [6.07, 6.45) is 1.71. The summed E-state index contributed by atoms with van der Waals surface area (Å²) in [4.78, 5) is 26.5. The van der Waals surface area contributed by atoms with Crippen molar-refractivity contribution >= 4 is 28.7 Å². The molecule has 0 spiro atoms. The zero-order chi connectivity index (χ0) is 14.7. The molecule has 2 rings (SSSR count). The van der Waals surface area contributed by atoms with Gasteiger partial charge in [-0.2, -0.15) is 0 Å². The summed E-state index contributed by atoms with van der Waals surface area (Å²) >= 11 is 1.47. The van der Waals surface area contributed by atoms with E-state index in [0.717, 1.165) is 9.88 Å². The quantitative estimate of drug-likeness (QED) is 0.648. The van der Waals surface area contributed by atoms with E-state index in [0.29, 0.717) is 6.54 Å². The number of aromatic carboxylic acids is 1. The average molecular weight is 293 g/mol. The molecule has 1 aromatic carbocycles. The first-order valence-corrected chi connectivity index (χ1v) is 6.46. The zero-order valence-corrected chi connectivity index (χ0v) is 11.3. The maximum atomic E-state index is 11.1. The van der Waals surface area contributed by atoms with Gasteiger partial charge in [0, 0.05) is 11.1 Å². The highest BCUT2D eigenvalue weighted by Crippen LogP contribution is 2.29. The smallest absolute Gasteiger partial charge is 0.342 e. The van der Waals surface area contributed by atoms with E-state index in [1.165, 1.54) is 29.5 Å². The number of nitro groups is 1. The second-order valence-electron chi connectivity index (χ2n) is 3.98. The highest BCUT2D eigenvalue weighted by molar-refractivity contribution is 7.11. The van der Waals surface area contributed by atoms with E-state index in [-0.39, 0.29) is 11.3 Å². The molecule has 0 aliphatic heterocycles. The molecule has 20 heavy (non-hydrogen) atoms. The number of nitrogens with zero attached hydrogens (tertiary/aromatic N) is 2. The Kier molecular flexibility index (Phi) is 3.94. The van der Waals surface area contributed by atoms with Crippen LogP contribution in [0.4, 0.5) is 11.4 Å². The highest BCUT2D eigenvalue weighted by atomic mass is 32.1. The number of hydrogen-bond donors (Lipinski definition) is 2. The maximum Gasteiger partial charge on any atom is 0.342 e. The van der Waals surface area contributed by atoms with E-state index >= 15 is 0 Å². The molecule has 7 nitrogen and oxygen atoms in total. The average Bonchev–Trinajstić information content (AvgIpc) is 2.81. The van der Waals surface area contributed by atoms with Crippen LogP contribution in [0.15, 0.2) is 24.4 Å². The van der Waals surface area contributed by atoms with Crippen LogP contribution in [0.25, 0.3) is 0 Å². The largest absolute Gasteiger partial charge is 0.477 e. The number of rotatable bonds is 5. The number of nitro benzene ring substituents is 1. The normalized spacial score (nSPS) is 10.2. The van der Waals surface area contributed by atoms with Crippen LogP contribution in [0.5, 0.6) is 0 Å². The molecule has 0 aliphatic carbocycles. The van der Waals surface area contributed by atoms with Gasteiger partial charge in [-0.3, -0.25) is 10.1 Å². The van der Waals surface area contributed by atoms with E-state index in [4.69, 9.17) is 5.11 Å². The summed E-state index contributed by atoms with van der Waals surface area (Å²) in [5, 5.41) is 23.7. The van der Waals surface area contributed by atoms with Gasteiger partial charge in [0.2, 0.25) is 0 Å². The molecular weight excluding hydrogens is 282 g/mol. The molecule has 8 heteroatoms. The molecule has 1 aromatic heterocycles. The van der Waals surface area contributed by atoms with Crippen LogP contribution in [0.3, 0.4) is 0 Å². The van der Waals surface area contributed by atoms with Gasteiger partial charge < -0.3 is 10.4 Å². The summed E-state index contributed by atoms with van der Waals surface area (Å²) < 4.78 is 0. The van der Waals surface area contributed by atoms with Gasteiger partial charge in [-0.15, -0.1) is 11.3 Å². The number of para-hydroxylation sites is 1. The van der Waals surface area contributed by atoms with Gasteiger partial charge in [0.15, 0.2) is 0 Å². The van der Waals surface area contributed by atoms with E-state index in [1.54, 1.807) is 6.20 Å². The van der Waals surface area contributed by atoms with Gasteiger partial charge in [-0.05, 0) is 19.1 Å². The lowest BCUT2D eigenvalue weighted by atomic mass is 10.1. The van der Waals surface area contributed by atoms with Crippen molar-refractivity contribution < 1.29 is 14.8 Å². The van der Waals surface area contributed by atoms with Crippen molar-refractivity contribution in [2.75, 3.05) is 5.32 Å². The topological polar surface area (TPSA) is 105 Å². The van der Waals surface area contributed by atoms with Gasteiger partial charge in [-0.1, -0.05) is 6.07 Å². The fourth-order valence-corrected chi connectivity index (χ4v) is 2.44. The van der Waals surface area contributed by atoms with Gasteiger partial charge >= 0.3 is 11.7 Å². The van der Waals surface area contributed by atoms with Gasteiger partial charge in [-0.25, -0.2) is 9.78 Å². The molecular formula is C12H11N3O4S. The Labute approximate surface area is 118 Å². The zero-order valence-electron chi connectivity index (χ0n) is 10.5. The van der Waals surface area contributed by atoms with Crippen molar-refractivity contribution in [3.05, 3.63) is 50.0 Å². The van der Waals surface area contributed by atoms with Crippen LogP contribution < -0.4 is 5.32 Å². The van der Waals surface area contributed by atoms with Crippen molar-refractivity contribution in [2.45, 2.75) is 13.5 Å². The van der Waals surface area contributed by atoms with Crippen LogP contribution in [0.1, 0.15) is 20.2 Å². The monoisotopic (exact) mass is 293 g/mol. The second-order valence-corrected chi connectivity index (χ2v) is 5.30. The number of carboxylic acid groups (broad SMARTS) is 1. The van der Waals surface area contributed by atoms with Gasteiger partial charge in [0.25, 0.3) is 0 Å². The highest BCUT2D eigenvalue weighted by Gasteiger charge is 2.24. The number of carboxylic acids is 1. The van der Waals surface area contributed by atoms with Crippen molar-refractivity contribution in [3.8, 4) is 0 Å². The van der Waals surface area contributed by atoms with E-state index < -0.39 is 16.6 Å². The molecule has 2 aromatic rings. The number of aryl methyl sites for hydroxylation is 1. The Morgan fingerprint density at radius 1 is 1.55 bits per heavy atom. The molecule has 0 bridgehead atoms. The van der Waals surface area contributed by atoms with Crippen LogP contribution >= 0.6 is 11.3 Å². The predicted octanol–water partition coefficient (Wildman–Crippen LogP) is 2.67. The third kappa shape index (κ3) is 2.91. The number of hydrogen-bond acceptors (Lipinski definition) is 6. The number of nitrogens with one attached hydrogen (secondary N) is 1. The first-order valence-electron chi connectivity index (χ1n) is 5.65. The lowest BCUT2D eigenvalue weighted by Gasteiger charge is -2.07. The molecule has 0 saturated carbocycles. The second kappa shape index (κ2) is 5.66. The van der Waals surface area contributed by atoms with E-state index in [1.807, 2.05) is 6.92 Å². The molecule has 0 aliphatic rings. The minimum absolute atomic E-state index is 0.169. The Morgan fingerprint density at radius 2 is 2.30 bits per heavy atom. The summed E-state index contributed by atoms with van der Waals surface area (Å²) in [6.45, 7) is 2.22. The standard InChI is InChI=1S/C12H11N3O4S/c1-7-5-14-10(20-7)6-13-9-4-2-3-8(12(16)17)11(9)15(18)19/h2-5,13H,6H2,1H3,(H,16,17). The summed E-state index contributed by atoms with van der Waals surface area (Å²) in [5.41, 5.74) is -0.605. The number of anilines is 1. The number of aromatic nitrogens is 1. The lowest BCUT2D eigenvalue weighted by molar-refractivity contribution is -0.384. The molecule has 0 fully saturated rings. The van der Waals surface area contributed by atoms with E-state index in [2.05, 4.69) is 10.3 Å². The molecule has 0 atom stereocenters. The fraction of sp³-hybridized carbons (Fsp3) is 0.167. The molecule has 0 amide bonds. The van der Waals surface area contributed by atoms with Gasteiger partial charge in [0.05, 0.1) is 11.5 Å². The molecule has 0 radical (unpaired) electrons. The van der Waals surface area contributed by atoms with Crippen molar-refractivity contribution in [1.29, 1.82) is 0 Å². The minimum Gasteiger partial charge on any atom is -0.477 e. The Hall–Kier alpha value is -2.48. The summed E-state index contributed by atoms with van der Waals surface area (Å²) in [7, 11) is 0. The summed E-state index contributed by atoms with van der Waals surface area (Å²) in [5.74, 6) is -1.33. The van der Waals surface area contributed by atoms with Crippen molar-refractivity contribution in [2.24, 2.45) is 0 Å².